The second-order valence-corrected chi connectivity index (χ2v) is 9.95. The van der Waals surface area contributed by atoms with Crippen molar-refractivity contribution in [3.05, 3.63) is 58.7 Å². The number of amides is 1. The maximum absolute atomic E-state index is 13.3. The third-order valence-electron chi connectivity index (χ3n) is 6.30. The minimum absolute atomic E-state index is 0.0565. The first-order valence-electron chi connectivity index (χ1n) is 12.5. The number of hydrogen-bond donors (Lipinski definition) is 1. The van der Waals surface area contributed by atoms with Gasteiger partial charge in [0.1, 0.15) is 11.5 Å². The van der Waals surface area contributed by atoms with Crippen LogP contribution in [0.3, 0.4) is 0 Å². The number of aliphatic hydroxyl groups excluding tert-OH is 1. The van der Waals surface area contributed by atoms with Crippen molar-refractivity contribution in [3.8, 4) is 17.2 Å². The summed E-state index contributed by atoms with van der Waals surface area (Å²) in [5, 5.41) is 11.5. The highest BCUT2D eigenvalue weighted by Crippen LogP contribution is 2.42. The molecule has 0 spiro atoms. The number of Topliss-reactive ketones (excluding diaryl/α,β-unsaturated/α-hetero) is 1. The molecule has 3 rings (SSSR count). The number of carbonyl (C=O) groups excluding carboxylic acids is 2. The molecule has 0 bridgehead atoms. The summed E-state index contributed by atoms with van der Waals surface area (Å²) in [4.78, 5) is 30.1. The predicted molar refractivity (Wildman–Crippen MR) is 143 cm³/mol. The summed E-state index contributed by atoms with van der Waals surface area (Å²) < 4.78 is 16.7. The predicted octanol–water partition coefficient (Wildman–Crippen LogP) is 4.42. The molecule has 0 aromatic heterocycles. The van der Waals surface area contributed by atoms with Crippen LogP contribution in [0.25, 0.3) is 5.76 Å². The molecular weight excluding hydrogens is 472 g/mol. The Hall–Kier alpha value is -3.52. The molecule has 1 aliphatic heterocycles. The van der Waals surface area contributed by atoms with Crippen molar-refractivity contribution in [2.24, 2.45) is 5.92 Å². The van der Waals surface area contributed by atoms with Gasteiger partial charge in [0.15, 0.2) is 11.5 Å². The molecule has 1 saturated heterocycles. The zero-order valence-electron chi connectivity index (χ0n) is 22.8. The third kappa shape index (κ3) is 6.25. The van der Waals surface area contributed by atoms with Crippen LogP contribution in [-0.2, 0) is 9.59 Å². The molecular formula is C29H38N2O6. The van der Waals surface area contributed by atoms with Crippen molar-refractivity contribution in [1.82, 2.24) is 9.80 Å². The quantitative estimate of drug-likeness (QED) is 0.272. The molecule has 0 aliphatic carbocycles. The number of carbonyl (C=O) groups is 2. The van der Waals surface area contributed by atoms with Crippen LogP contribution >= 0.6 is 0 Å². The summed E-state index contributed by atoms with van der Waals surface area (Å²) in [7, 11) is 6.98. The molecule has 1 aliphatic rings. The van der Waals surface area contributed by atoms with E-state index in [0.29, 0.717) is 53.9 Å². The Morgan fingerprint density at radius 3 is 2.35 bits per heavy atom. The summed E-state index contributed by atoms with van der Waals surface area (Å²) in [6, 6.07) is 9.83. The van der Waals surface area contributed by atoms with Gasteiger partial charge in [-0.3, -0.25) is 9.59 Å². The highest BCUT2D eigenvalue weighted by atomic mass is 16.5. The lowest BCUT2D eigenvalue weighted by Gasteiger charge is -2.26. The van der Waals surface area contributed by atoms with Gasteiger partial charge in [-0.15, -0.1) is 0 Å². The number of likely N-dealkylation sites (tertiary alicyclic amines) is 1. The highest BCUT2D eigenvalue weighted by molar-refractivity contribution is 6.46. The van der Waals surface area contributed by atoms with Gasteiger partial charge in [-0.25, -0.2) is 0 Å². The lowest BCUT2D eigenvalue weighted by atomic mass is 9.93. The van der Waals surface area contributed by atoms with E-state index in [1.807, 2.05) is 32.0 Å². The first-order valence-corrected chi connectivity index (χ1v) is 12.5. The summed E-state index contributed by atoms with van der Waals surface area (Å²) >= 11 is 0. The van der Waals surface area contributed by atoms with Crippen molar-refractivity contribution in [2.75, 3.05) is 48.0 Å². The largest absolute Gasteiger partial charge is 0.507 e. The van der Waals surface area contributed by atoms with Gasteiger partial charge < -0.3 is 29.1 Å². The minimum atomic E-state index is -0.766. The topological polar surface area (TPSA) is 88.5 Å². The Morgan fingerprint density at radius 1 is 1.05 bits per heavy atom. The zero-order chi connectivity index (χ0) is 27.3. The van der Waals surface area contributed by atoms with Crippen molar-refractivity contribution in [1.29, 1.82) is 0 Å². The van der Waals surface area contributed by atoms with E-state index in [4.69, 9.17) is 14.2 Å². The van der Waals surface area contributed by atoms with Gasteiger partial charge in [0.2, 0.25) is 0 Å². The molecule has 0 radical (unpaired) electrons. The van der Waals surface area contributed by atoms with E-state index in [2.05, 4.69) is 13.8 Å². The maximum atomic E-state index is 13.3. The van der Waals surface area contributed by atoms with E-state index in [9.17, 15) is 14.7 Å². The number of ether oxygens (including phenoxy) is 3. The van der Waals surface area contributed by atoms with E-state index in [0.717, 1.165) is 12.1 Å². The third-order valence-corrected chi connectivity index (χ3v) is 6.30. The molecule has 0 saturated carbocycles. The standard InChI is InChI=1S/C29H38N2O6/c1-18(2)17-37-21-10-11-22(19(3)15-21)27(32)25-26(20-9-12-23(35-6)24(16-20)36-7)31(29(34)28(25)33)14-8-13-30(4)5/h9-12,15-16,18,26,32H,8,13-14,17H2,1-7H3/t26-/m1/s1. The maximum Gasteiger partial charge on any atom is 0.295 e. The second kappa shape index (κ2) is 12.1. The van der Waals surface area contributed by atoms with Crippen LogP contribution in [0.5, 0.6) is 17.2 Å². The second-order valence-electron chi connectivity index (χ2n) is 9.95. The molecule has 8 heteroatoms. The van der Waals surface area contributed by atoms with E-state index in [1.165, 1.54) is 12.0 Å². The number of ketones is 1. The van der Waals surface area contributed by atoms with Crippen LogP contribution in [0, 0.1) is 12.8 Å². The molecule has 1 amide bonds. The van der Waals surface area contributed by atoms with Crippen molar-refractivity contribution >= 4 is 17.4 Å². The molecule has 37 heavy (non-hydrogen) atoms. The van der Waals surface area contributed by atoms with Crippen molar-refractivity contribution in [2.45, 2.75) is 33.2 Å². The van der Waals surface area contributed by atoms with E-state index in [-0.39, 0.29) is 11.3 Å². The summed E-state index contributed by atoms with van der Waals surface area (Å²) in [5.41, 5.74) is 1.93. The van der Waals surface area contributed by atoms with Gasteiger partial charge in [0.05, 0.1) is 32.4 Å². The van der Waals surface area contributed by atoms with Gasteiger partial charge in [0.25, 0.3) is 11.7 Å². The number of nitrogens with zero attached hydrogens (tertiary/aromatic N) is 2. The van der Waals surface area contributed by atoms with Crippen LogP contribution in [0.15, 0.2) is 42.0 Å². The fraction of sp³-hybridized carbons (Fsp3) is 0.448. The average Bonchev–Trinajstić information content (AvgIpc) is 3.11. The van der Waals surface area contributed by atoms with Crippen LogP contribution in [-0.4, -0.2) is 74.6 Å². The lowest BCUT2D eigenvalue weighted by molar-refractivity contribution is -0.139. The molecule has 1 N–H and O–H groups in total. The van der Waals surface area contributed by atoms with Gasteiger partial charge in [-0.05, 0) is 81.4 Å². The van der Waals surface area contributed by atoms with Gasteiger partial charge in [-0.2, -0.15) is 0 Å². The first kappa shape index (κ1) is 28.1. The molecule has 2 aromatic carbocycles. The fourth-order valence-corrected chi connectivity index (χ4v) is 4.44. The monoisotopic (exact) mass is 510 g/mol. The normalized spacial score (nSPS) is 17.1. The molecule has 1 heterocycles. The molecule has 2 aromatic rings. The Balaban J connectivity index is 2.11. The average molecular weight is 511 g/mol. The van der Waals surface area contributed by atoms with E-state index in [1.54, 1.807) is 37.4 Å². The van der Waals surface area contributed by atoms with E-state index < -0.39 is 17.7 Å². The number of aryl methyl sites for hydroxylation is 1. The summed E-state index contributed by atoms with van der Waals surface area (Å²) in [5.74, 6) is 0.518. The number of hydrogen-bond acceptors (Lipinski definition) is 7. The Labute approximate surface area is 219 Å². The van der Waals surface area contributed by atoms with Gasteiger partial charge in [-0.1, -0.05) is 19.9 Å². The number of methoxy groups -OCH3 is 2. The lowest BCUT2D eigenvalue weighted by Crippen LogP contribution is -2.32. The molecule has 1 atom stereocenters. The molecule has 0 unspecified atom stereocenters. The smallest absolute Gasteiger partial charge is 0.295 e. The van der Waals surface area contributed by atoms with Crippen LogP contribution in [0.1, 0.15) is 43.0 Å². The molecule has 8 nitrogen and oxygen atoms in total. The Morgan fingerprint density at radius 2 is 1.76 bits per heavy atom. The highest BCUT2D eigenvalue weighted by Gasteiger charge is 2.46. The van der Waals surface area contributed by atoms with Crippen LogP contribution in [0.2, 0.25) is 0 Å². The van der Waals surface area contributed by atoms with Crippen molar-refractivity contribution in [3.63, 3.8) is 0 Å². The number of rotatable bonds is 11. The summed E-state index contributed by atoms with van der Waals surface area (Å²) in [6.07, 6.45) is 0.671. The minimum Gasteiger partial charge on any atom is -0.507 e. The van der Waals surface area contributed by atoms with Crippen molar-refractivity contribution < 1.29 is 28.9 Å². The van der Waals surface area contributed by atoms with E-state index >= 15 is 0 Å². The van der Waals surface area contributed by atoms with Crippen LogP contribution < -0.4 is 14.2 Å². The SMILES string of the molecule is COc1ccc([C@@H]2C(=C(O)c3ccc(OCC(C)C)cc3C)C(=O)C(=O)N2CCCN(C)C)cc1OC. The first-order chi connectivity index (χ1) is 17.6. The van der Waals surface area contributed by atoms with Gasteiger partial charge in [0, 0.05) is 12.1 Å². The number of benzene rings is 2. The fourth-order valence-electron chi connectivity index (χ4n) is 4.44. The van der Waals surface area contributed by atoms with Crippen LogP contribution in [0.4, 0.5) is 0 Å². The molecule has 1 fully saturated rings. The Kier molecular flexibility index (Phi) is 9.21. The summed E-state index contributed by atoms with van der Waals surface area (Å²) in [6.45, 7) is 7.66. The molecule has 200 valence electrons. The number of aliphatic hydroxyl groups is 1. The zero-order valence-corrected chi connectivity index (χ0v) is 22.8. The Bertz CT molecular complexity index is 1170. The van der Waals surface area contributed by atoms with Gasteiger partial charge >= 0.3 is 0 Å².